The van der Waals surface area contributed by atoms with Crippen LogP contribution in [0.5, 0.6) is 5.75 Å². The van der Waals surface area contributed by atoms with E-state index in [1.165, 1.54) is 24.4 Å². The van der Waals surface area contributed by atoms with E-state index in [9.17, 15) is 14.0 Å². The molecule has 31 heavy (non-hydrogen) atoms. The number of aromatic carboxylic acids is 1. The summed E-state index contributed by atoms with van der Waals surface area (Å²) in [6, 6.07) is 18.6. The van der Waals surface area contributed by atoms with E-state index >= 15 is 0 Å². The highest BCUT2D eigenvalue weighted by molar-refractivity contribution is 5.95. The number of halogens is 1. The molecule has 0 aliphatic carbocycles. The predicted molar refractivity (Wildman–Crippen MR) is 110 cm³/mol. The van der Waals surface area contributed by atoms with E-state index in [4.69, 9.17) is 15.1 Å². The Balaban J connectivity index is 1.55. The van der Waals surface area contributed by atoms with Crippen LogP contribution in [0.25, 0.3) is 0 Å². The number of nitrogens with zero attached hydrogens (tertiary/aromatic N) is 2. The molecule has 0 aromatic heterocycles. The molecule has 1 amide bonds. The first-order valence-corrected chi connectivity index (χ1v) is 9.04. The highest BCUT2D eigenvalue weighted by atomic mass is 19.1. The third kappa shape index (κ3) is 5.74. The number of ether oxygens (including phenoxy) is 1. The largest absolute Gasteiger partial charge is 0.489 e. The molecule has 3 aromatic rings. The topological polar surface area (TPSA) is 112 Å². The van der Waals surface area contributed by atoms with E-state index < -0.39 is 17.7 Å². The van der Waals surface area contributed by atoms with Crippen LogP contribution < -0.4 is 10.2 Å². The Morgan fingerprint density at radius 3 is 2.58 bits per heavy atom. The van der Waals surface area contributed by atoms with Crippen LogP contribution >= 0.6 is 0 Å². The van der Waals surface area contributed by atoms with Crippen molar-refractivity contribution in [1.29, 1.82) is 5.26 Å². The Morgan fingerprint density at radius 1 is 1.13 bits per heavy atom. The van der Waals surface area contributed by atoms with Crippen molar-refractivity contribution < 1.29 is 23.8 Å². The van der Waals surface area contributed by atoms with Crippen LogP contribution in [0.1, 0.15) is 37.4 Å². The summed E-state index contributed by atoms with van der Waals surface area (Å²) in [6.45, 7) is 0.209. The number of carboxylic acids is 1. The molecule has 0 saturated heterocycles. The minimum absolute atomic E-state index is 0.120. The maximum absolute atomic E-state index is 13.8. The fourth-order valence-electron chi connectivity index (χ4n) is 2.61. The lowest BCUT2D eigenvalue weighted by Gasteiger charge is -2.07. The zero-order valence-corrected chi connectivity index (χ0v) is 16.1. The fraction of sp³-hybridized carbons (Fsp3) is 0.0435. The summed E-state index contributed by atoms with van der Waals surface area (Å²) in [4.78, 5) is 23.0. The number of rotatable bonds is 7. The second kappa shape index (κ2) is 9.80. The summed E-state index contributed by atoms with van der Waals surface area (Å²) in [5, 5.41) is 21.5. The van der Waals surface area contributed by atoms with Gasteiger partial charge in [0.1, 0.15) is 18.2 Å². The molecule has 3 rings (SSSR count). The standard InChI is InChI=1S/C23H16FN3O4/c24-21-11-16(12-25)6-9-20(21)22(28)27-26-13-15-4-7-19(8-5-15)31-14-17-2-1-3-18(10-17)23(29)30/h1-11,13H,14H2,(H,27,28)(H,29,30)/b26-13-. The minimum Gasteiger partial charge on any atom is -0.489 e. The van der Waals surface area contributed by atoms with Gasteiger partial charge in [-0.3, -0.25) is 4.79 Å². The van der Waals surface area contributed by atoms with E-state index in [2.05, 4.69) is 10.5 Å². The Labute approximate surface area is 177 Å². The normalized spacial score (nSPS) is 10.5. The van der Waals surface area contributed by atoms with E-state index in [0.717, 1.165) is 11.6 Å². The zero-order valence-electron chi connectivity index (χ0n) is 16.1. The van der Waals surface area contributed by atoms with Gasteiger partial charge >= 0.3 is 5.97 Å². The van der Waals surface area contributed by atoms with Gasteiger partial charge in [0.15, 0.2) is 0 Å². The highest BCUT2D eigenvalue weighted by Gasteiger charge is 2.11. The quantitative estimate of drug-likeness (QED) is 0.449. The average molecular weight is 417 g/mol. The second-order valence-corrected chi connectivity index (χ2v) is 6.37. The van der Waals surface area contributed by atoms with Crippen molar-refractivity contribution in [2.24, 2.45) is 5.10 Å². The molecule has 2 N–H and O–H groups in total. The molecule has 0 spiro atoms. The van der Waals surface area contributed by atoms with Gasteiger partial charge in [-0.05, 0) is 65.7 Å². The van der Waals surface area contributed by atoms with Gasteiger partial charge in [0.05, 0.1) is 29.0 Å². The van der Waals surface area contributed by atoms with Crippen molar-refractivity contribution in [1.82, 2.24) is 5.43 Å². The number of hydrazone groups is 1. The van der Waals surface area contributed by atoms with Gasteiger partial charge in [-0.2, -0.15) is 10.4 Å². The van der Waals surface area contributed by atoms with E-state index in [0.29, 0.717) is 11.3 Å². The summed E-state index contributed by atoms with van der Waals surface area (Å²) in [5.74, 6) is -1.97. The van der Waals surface area contributed by atoms with Crippen molar-refractivity contribution in [2.75, 3.05) is 0 Å². The van der Waals surface area contributed by atoms with Gasteiger partial charge in [0, 0.05) is 0 Å². The second-order valence-electron chi connectivity index (χ2n) is 6.37. The van der Waals surface area contributed by atoms with Gasteiger partial charge in [0.25, 0.3) is 5.91 Å². The van der Waals surface area contributed by atoms with Crippen molar-refractivity contribution >= 4 is 18.1 Å². The minimum atomic E-state index is -1.00. The summed E-state index contributed by atoms with van der Waals surface area (Å²) in [5.41, 5.74) is 3.72. The number of nitrogens with one attached hydrogen (secondary N) is 1. The van der Waals surface area contributed by atoms with E-state index in [1.807, 2.05) is 0 Å². The molecule has 0 fully saturated rings. The first-order valence-electron chi connectivity index (χ1n) is 9.04. The van der Waals surface area contributed by atoms with Crippen molar-refractivity contribution in [2.45, 2.75) is 6.61 Å². The number of hydrogen-bond acceptors (Lipinski definition) is 5. The number of amides is 1. The Morgan fingerprint density at radius 2 is 1.90 bits per heavy atom. The third-order valence-corrected chi connectivity index (χ3v) is 4.18. The van der Waals surface area contributed by atoms with Crippen molar-refractivity contribution in [3.63, 3.8) is 0 Å². The number of nitriles is 1. The summed E-state index contributed by atoms with van der Waals surface area (Å²) in [6.07, 6.45) is 1.39. The molecule has 7 nitrogen and oxygen atoms in total. The lowest BCUT2D eigenvalue weighted by Crippen LogP contribution is -2.19. The van der Waals surface area contributed by atoms with Gasteiger partial charge < -0.3 is 9.84 Å². The predicted octanol–water partition coefficient (Wildman–Crippen LogP) is 3.74. The molecule has 0 radical (unpaired) electrons. The average Bonchev–Trinajstić information content (AvgIpc) is 2.78. The molecule has 0 atom stereocenters. The number of carbonyl (C=O) groups is 2. The molecule has 0 bridgehead atoms. The van der Waals surface area contributed by atoms with Gasteiger partial charge in [-0.25, -0.2) is 14.6 Å². The lowest BCUT2D eigenvalue weighted by molar-refractivity contribution is 0.0696. The molecule has 0 heterocycles. The van der Waals surface area contributed by atoms with Gasteiger partial charge in [-0.1, -0.05) is 12.1 Å². The molecule has 0 aliphatic heterocycles. The van der Waals surface area contributed by atoms with E-state index in [1.54, 1.807) is 48.5 Å². The summed E-state index contributed by atoms with van der Waals surface area (Å²) >= 11 is 0. The number of benzene rings is 3. The van der Waals surface area contributed by atoms with E-state index in [-0.39, 0.29) is 23.3 Å². The number of hydrogen-bond donors (Lipinski definition) is 2. The smallest absolute Gasteiger partial charge is 0.335 e. The Bertz CT molecular complexity index is 1180. The molecule has 154 valence electrons. The van der Waals surface area contributed by atoms with Crippen LogP contribution in [0.15, 0.2) is 71.8 Å². The van der Waals surface area contributed by atoms with Crippen molar-refractivity contribution in [3.05, 3.63) is 100 Å². The molecule has 0 unspecified atom stereocenters. The maximum Gasteiger partial charge on any atom is 0.335 e. The van der Waals surface area contributed by atoms with Gasteiger partial charge in [-0.15, -0.1) is 0 Å². The molecule has 3 aromatic carbocycles. The van der Waals surface area contributed by atoms with Crippen LogP contribution in [0.4, 0.5) is 4.39 Å². The Hall–Kier alpha value is -4.51. The molecular formula is C23H16FN3O4. The first kappa shape index (κ1) is 21.2. The Kier molecular flexibility index (Phi) is 6.71. The van der Waals surface area contributed by atoms with Crippen LogP contribution in [-0.2, 0) is 6.61 Å². The SMILES string of the molecule is N#Cc1ccc(C(=O)N/N=C\c2ccc(OCc3cccc(C(=O)O)c3)cc2)c(F)c1. The van der Waals surface area contributed by atoms with Gasteiger partial charge in [0.2, 0.25) is 0 Å². The number of carboxylic acid groups (broad SMARTS) is 1. The first-order chi connectivity index (χ1) is 15.0. The van der Waals surface area contributed by atoms with Crippen LogP contribution in [0.2, 0.25) is 0 Å². The lowest BCUT2D eigenvalue weighted by atomic mass is 10.1. The molecular weight excluding hydrogens is 401 g/mol. The van der Waals surface area contributed by atoms with Crippen LogP contribution in [0, 0.1) is 17.1 Å². The number of carbonyl (C=O) groups excluding carboxylic acids is 1. The molecule has 8 heteroatoms. The third-order valence-electron chi connectivity index (χ3n) is 4.18. The summed E-state index contributed by atoms with van der Waals surface area (Å²) in [7, 11) is 0. The highest BCUT2D eigenvalue weighted by Crippen LogP contribution is 2.15. The molecule has 0 saturated carbocycles. The molecule has 0 aliphatic rings. The summed E-state index contributed by atoms with van der Waals surface area (Å²) < 4.78 is 19.5. The van der Waals surface area contributed by atoms with Crippen LogP contribution in [0.3, 0.4) is 0 Å². The fourth-order valence-corrected chi connectivity index (χ4v) is 2.61. The van der Waals surface area contributed by atoms with Crippen molar-refractivity contribution in [3.8, 4) is 11.8 Å². The van der Waals surface area contributed by atoms with Crippen LogP contribution in [-0.4, -0.2) is 23.2 Å². The maximum atomic E-state index is 13.8. The monoisotopic (exact) mass is 417 g/mol. The zero-order chi connectivity index (χ0) is 22.2.